The largest absolute Gasteiger partial charge is 0.459 e. The van der Waals surface area contributed by atoms with Gasteiger partial charge >= 0.3 is 5.97 Å². The molecule has 0 radical (unpaired) electrons. The third-order valence-corrected chi connectivity index (χ3v) is 5.54. The highest BCUT2D eigenvalue weighted by molar-refractivity contribution is 5.95. The van der Waals surface area contributed by atoms with E-state index >= 15 is 0 Å². The van der Waals surface area contributed by atoms with Crippen LogP contribution in [0.5, 0.6) is 0 Å². The van der Waals surface area contributed by atoms with E-state index in [0.717, 1.165) is 5.56 Å². The van der Waals surface area contributed by atoms with Gasteiger partial charge in [0.05, 0.1) is 6.10 Å². The number of benzene rings is 1. The molecule has 30 heavy (non-hydrogen) atoms. The average molecular weight is 420 g/mol. The molecular weight excluding hydrogens is 391 g/mol. The number of rotatable bonds is 6. The van der Waals surface area contributed by atoms with Crippen molar-refractivity contribution in [2.24, 2.45) is 5.41 Å². The van der Waals surface area contributed by atoms with E-state index in [0.29, 0.717) is 0 Å². The molecule has 8 heteroatoms. The molecule has 3 rings (SSSR count). The second-order valence-corrected chi connectivity index (χ2v) is 9.23. The zero-order valence-corrected chi connectivity index (χ0v) is 17.6. The molecule has 1 saturated carbocycles. The number of nitrogens with zero attached hydrogens (tertiary/aromatic N) is 1. The molecule has 0 bridgehead atoms. The highest BCUT2D eigenvalue weighted by atomic mass is 19.1. The van der Waals surface area contributed by atoms with Crippen molar-refractivity contribution in [3.8, 4) is 0 Å². The highest BCUT2D eigenvalue weighted by Gasteiger charge is 2.53. The minimum absolute atomic E-state index is 0.0485. The quantitative estimate of drug-likeness (QED) is 0.684. The Morgan fingerprint density at radius 2 is 1.90 bits per heavy atom. The molecule has 0 spiro atoms. The first-order valence-corrected chi connectivity index (χ1v) is 10.2. The van der Waals surface area contributed by atoms with E-state index in [1.807, 2.05) is 30.3 Å². The van der Waals surface area contributed by atoms with Crippen molar-refractivity contribution in [1.29, 1.82) is 0 Å². The summed E-state index contributed by atoms with van der Waals surface area (Å²) in [6.45, 7) is 5.26. The van der Waals surface area contributed by atoms with E-state index in [-0.39, 0.29) is 32.4 Å². The molecular formula is C22H29FN2O5. The number of amides is 2. The Morgan fingerprint density at radius 3 is 2.47 bits per heavy atom. The zero-order valence-electron chi connectivity index (χ0n) is 17.6. The number of alkyl halides is 1. The van der Waals surface area contributed by atoms with Gasteiger partial charge in [-0.05, 0) is 23.8 Å². The van der Waals surface area contributed by atoms with E-state index in [4.69, 9.17) is 4.74 Å². The number of hydrogen-bond acceptors (Lipinski definition) is 5. The number of hydrogen-bond donors (Lipinski definition) is 2. The molecule has 0 unspecified atom stereocenters. The van der Waals surface area contributed by atoms with Crippen LogP contribution in [0.25, 0.3) is 0 Å². The molecule has 1 aromatic rings. The van der Waals surface area contributed by atoms with Gasteiger partial charge in [-0.15, -0.1) is 0 Å². The molecule has 2 amide bonds. The number of carbonyl (C=O) groups excluding carboxylic acids is 3. The van der Waals surface area contributed by atoms with E-state index < -0.39 is 47.1 Å². The van der Waals surface area contributed by atoms with E-state index in [1.54, 1.807) is 20.8 Å². The lowest BCUT2D eigenvalue weighted by Crippen LogP contribution is -2.58. The fraction of sp³-hybridized carbons (Fsp3) is 0.591. The summed E-state index contributed by atoms with van der Waals surface area (Å²) >= 11 is 0. The van der Waals surface area contributed by atoms with Gasteiger partial charge in [-0.3, -0.25) is 9.59 Å². The Labute approximate surface area is 175 Å². The van der Waals surface area contributed by atoms with Crippen LogP contribution in [0.15, 0.2) is 30.3 Å². The van der Waals surface area contributed by atoms with Crippen LogP contribution in [0.4, 0.5) is 4.39 Å². The lowest BCUT2D eigenvalue weighted by atomic mass is 9.85. The topological polar surface area (TPSA) is 95.9 Å². The van der Waals surface area contributed by atoms with Gasteiger partial charge in [-0.2, -0.15) is 0 Å². The van der Waals surface area contributed by atoms with Gasteiger partial charge < -0.3 is 20.1 Å². The van der Waals surface area contributed by atoms with Crippen LogP contribution >= 0.6 is 0 Å². The van der Waals surface area contributed by atoms with Crippen molar-refractivity contribution in [3.63, 3.8) is 0 Å². The maximum atomic E-state index is 14.2. The summed E-state index contributed by atoms with van der Waals surface area (Å²) in [5.74, 6) is -1.95. The monoisotopic (exact) mass is 420 g/mol. The average Bonchev–Trinajstić information content (AvgIpc) is 3.32. The van der Waals surface area contributed by atoms with Crippen LogP contribution in [0.3, 0.4) is 0 Å². The second-order valence-electron chi connectivity index (χ2n) is 9.23. The van der Waals surface area contributed by atoms with Crippen LogP contribution in [-0.4, -0.2) is 58.2 Å². The number of carbonyl (C=O) groups is 3. The van der Waals surface area contributed by atoms with E-state index in [9.17, 15) is 23.9 Å². The first-order chi connectivity index (χ1) is 14.0. The summed E-state index contributed by atoms with van der Waals surface area (Å²) in [7, 11) is 0. The molecule has 1 aliphatic heterocycles. The number of aliphatic hydroxyl groups is 1. The second kappa shape index (κ2) is 8.34. The third kappa shape index (κ3) is 4.98. The molecule has 2 N–H and O–H groups in total. The van der Waals surface area contributed by atoms with Crippen LogP contribution in [0.1, 0.15) is 45.6 Å². The molecule has 7 nitrogen and oxygen atoms in total. The van der Waals surface area contributed by atoms with Crippen LogP contribution in [0, 0.1) is 5.41 Å². The maximum absolute atomic E-state index is 14.2. The van der Waals surface area contributed by atoms with Crippen molar-refractivity contribution in [3.05, 3.63) is 35.9 Å². The Balaban J connectivity index is 1.71. The first-order valence-electron chi connectivity index (χ1n) is 10.2. The van der Waals surface area contributed by atoms with Crippen LogP contribution < -0.4 is 5.32 Å². The predicted octanol–water partition coefficient (Wildman–Crippen LogP) is 1.72. The van der Waals surface area contributed by atoms with Gasteiger partial charge in [0.25, 0.3) is 5.91 Å². The summed E-state index contributed by atoms with van der Waals surface area (Å²) in [4.78, 5) is 39.4. The summed E-state index contributed by atoms with van der Waals surface area (Å²) in [6, 6.07) is 7.14. The summed E-state index contributed by atoms with van der Waals surface area (Å²) in [5.41, 5.74) is -1.83. The molecule has 1 aromatic carbocycles. The number of ether oxygens (including phenoxy) is 1. The van der Waals surface area contributed by atoms with Crippen LogP contribution in [-0.2, 0) is 25.7 Å². The number of nitrogens with one attached hydrogen (secondary N) is 1. The van der Waals surface area contributed by atoms with Crippen molar-refractivity contribution in [2.45, 2.75) is 70.5 Å². The molecule has 1 aliphatic carbocycles. The normalized spacial score (nSPS) is 23.6. The molecule has 1 heterocycles. The molecule has 164 valence electrons. The minimum atomic E-state index is -1.91. The van der Waals surface area contributed by atoms with Gasteiger partial charge in [0.2, 0.25) is 5.91 Å². The third-order valence-electron chi connectivity index (χ3n) is 5.54. The van der Waals surface area contributed by atoms with Crippen molar-refractivity contribution < 1.29 is 28.6 Å². The van der Waals surface area contributed by atoms with Crippen LogP contribution in [0.2, 0.25) is 0 Å². The summed E-state index contributed by atoms with van der Waals surface area (Å²) in [6.07, 6.45) is -0.547. The Bertz CT molecular complexity index is 803. The van der Waals surface area contributed by atoms with E-state index in [1.165, 1.54) is 4.90 Å². The standard InChI is InChI=1S/C22H29FN2O5/c1-21(2,3)17(24-20(29)22(23)9-10-22)18(27)25-12-15(26)11-16(25)19(28)30-13-14-7-5-4-6-8-14/h4-8,15-17,26H,9-13H2,1-3H3,(H,24,29)/t15-,16+,17-/m1/s1. The highest BCUT2D eigenvalue weighted by Crippen LogP contribution is 2.40. The molecule has 1 saturated heterocycles. The number of likely N-dealkylation sites (tertiary alicyclic amines) is 1. The fourth-order valence-corrected chi connectivity index (χ4v) is 3.52. The summed E-state index contributed by atoms with van der Waals surface area (Å²) in [5, 5.41) is 12.6. The van der Waals surface area contributed by atoms with Gasteiger partial charge in [0.15, 0.2) is 5.67 Å². The number of esters is 1. The number of aliphatic hydroxyl groups excluding tert-OH is 1. The number of halogens is 1. The SMILES string of the molecule is CC(C)(C)[C@H](NC(=O)C1(F)CC1)C(=O)N1C[C@H](O)C[C@H]1C(=O)OCc1ccccc1. The molecule has 2 fully saturated rings. The minimum Gasteiger partial charge on any atom is -0.459 e. The lowest BCUT2D eigenvalue weighted by Gasteiger charge is -2.35. The van der Waals surface area contributed by atoms with Crippen molar-refractivity contribution in [2.75, 3.05) is 6.54 Å². The van der Waals surface area contributed by atoms with Gasteiger partial charge in [0.1, 0.15) is 18.7 Å². The van der Waals surface area contributed by atoms with E-state index in [2.05, 4.69) is 5.32 Å². The number of β-amino-alcohol motifs (C(OH)–C–C–N with tert-alkyl or cyclic N) is 1. The summed E-state index contributed by atoms with van der Waals surface area (Å²) < 4.78 is 19.5. The maximum Gasteiger partial charge on any atom is 0.329 e. The lowest BCUT2D eigenvalue weighted by molar-refractivity contribution is -0.156. The molecule has 0 aromatic heterocycles. The molecule has 3 atom stereocenters. The predicted molar refractivity (Wildman–Crippen MR) is 107 cm³/mol. The van der Waals surface area contributed by atoms with Gasteiger partial charge in [-0.25, -0.2) is 9.18 Å². The van der Waals surface area contributed by atoms with Crippen molar-refractivity contribution in [1.82, 2.24) is 10.2 Å². The molecule has 2 aliphatic rings. The Kier molecular flexibility index (Phi) is 6.17. The van der Waals surface area contributed by atoms with Gasteiger partial charge in [-0.1, -0.05) is 51.1 Å². The van der Waals surface area contributed by atoms with Crippen molar-refractivity contribution >= 4 is 17.8 Å². The Morgan fingerprint density at radius 1 is 1.27 bits per heavy atom. The fourth-order valence-electron chi connectivity index (χ4n) is 3.52. The Hall–Kier alpha value is -2.48. The zero-order chi connectivity index (χ0) is 22.1. The smallest absolute Gasteiger partial charge is 0.329 e. The van der Waals surface area contributed by atoms with Gasteiger partial charge in [0, 0.05) is 13.0 Å². The first kappa shape index (κ1) is 22.2.